The Morgan fingerprint density at radius 2 is 1.90 bits per heavy atom. The maximum atomic E-state index is 12.5. The fraction of sp³-hybridized carbons (Fsp3) is 0.462. The molecule has 1 saturated heterocycles. The van der Waals surface area contributed by atoms with Crippen molar-refractivity contribution in [2.45, 2.75) is 6.43 Å². The van der Waals surface area contributed by atoms with Crippen LogP contribution in [0.1, 0.15) is 0 Å². The van der Waals surface area contributed by atoms with Crippen LogP contribution in [0.5, 0.6) is 11.5 Å². The number of fused-ring (bicyclic) bond motifs is 1. The van der Waals surface area contributed by atoms with Crippen LogP contribution in [-0.4, -0.2) is 38.7 Å². The minimum atomic E-state index is -2.26. The molecule has 2 aromatic rings. The zero-order chi connectivity index (χ0) is 14.3. The van der Waals surface area contributed by atoms with E-state index in [4.69, 9.17) is 9.47 Å². The summed E-state index contributed by atoms with van der Waals surface area (Å²) in [7, 11) is 3.17. The van der Waals surface area contributed by atoms with Gasteiger partial charge < -0.3 is 14.4 Å². The van der Waals surface area contributed by atoms with Gasteiger partial charge in [0.1, 0.15) is 21.7 Å². The van der Waals surface area contributed by atoms with Crippen molar-refractivity contribution in [1.82, 2.24) is 4.98 Å². The standard InChI is InChI=1S/C13H14F2N2O2S/c1-18-8-3-4-9(19-2)11-10(8)16-13(20-11)17-5-7(6-17)12(14)15/h3-4,7,12H,5-6H2,1-2H3. The first-order chi connectivity index (χ1) is 9.63. The number of halogens is 2. The van der Waals surface area contributed by atoms with Gasteiger partial charge in [-0.25, -0.2) is 13.8 Å². The second-order valence-corrected chi connectivity index (χ2v) is 5.62. The molecule has 0 bridgehead atoms. The summed E-state index contributed by atoms with van der Waals surface area (Å²) in [5, 5.41) is 0.736. The molecule has 1 fully saturated rings. The van der Waals surface area contributed by atoms with E-state index in [0.717, 1.165) is 15.6 Å². The summed E-state index contributed by atoms with van der Waals surface area (Å²) < 4.78 is 36.5. The summed E-state index contributed by atoms with van der Waals surface area (Å²) in [6, 6.07) is 3.62. The summed E-state index contributed by atoms with van der Waals surface area (Å²) in [5.74, 6) is 0.829. The van der Waals surface area contributed by atoms with Crippen molar-refractivity contribution in [2.24, 2.45) is 5.92 Å². The third-order valence-electron chi connectivity index (χ3n) is 3.44. The van der Waals surface area contributed by atoms with Crippen LogP contribution in [0, 0.1) is 5.92 Å². The molecule has 4 nitrogen and oxygen atoms in total. The maximum absolute atomic E-state index is 12.5. The number of nitrogens with zero attached hydrogens (tertiary/aromatic N) is 2. The van der Waals surface area contributed by atoms with E-state index in [9.17, 15) is 8.78 Å². The van der Waals surface area contributed by atoms with Crippen molar-refractivity contribution in [2.75, 3.05) is 32.2 Å². The quantitative estimate of drug-likeness (QED) is 0.869. The molecule has 20 heavy (non-hydrogen) atoms. The SMILES string of the molecule is COc1ccc(OC)c2sc(N3CC(C(F)F)C3)nc12. The van der Waals surface area contributed by atoms with E-state index in [1.165, 1.54) is 11.3 Å². The highest BCUT2D eigenvalue weighted by Crippen LogP contribution is 2.41. The Hall–Kier alpha value is -1.63. The van der Waals surface area contributed by atoms with Crippen LogP contribution < -0.4 is 14.4 Å². The van der Waals surface area contributed by atoms with Gasteiger partial charge in [-0.3, -0.25) is 0 Å². The average Bonchev–Trinajstić information content (AvgIpc) is 2.79. The van der Waals surface area contributed by atoms with Gasteiger partial charge >= 0.3 is 0 Å². The molecule has 0 atom stereocenters. The Balaban J connectivity index is 1.94. The summed E-state index contributed by atoms with van der Waals surface area (Å²) in [6.45, 7) is 0.699. The van der Waals surface area contributed by atoms with Crippen LogP contribution in [0.15, 0.2) is 12.1 Å². The van der Waals surface area contributed by atoms with Crippen molar-refractivity contribution in [1.29, 1.82) is 0 Å². The summed E-state index contributed by atoms with van der Waals surface area (Å²) in [5.41, 5.74) is 0.715. The van der Waals surface area contributed by atoms with E-state index >= 15 is 0 Å². The lowest BCUT2D eigenvalue weighted by Gasteiger charge is -2.38. The molecule has 1 aromatic heterocycles. The highest BCUT2D eigenvalue weighted by Gasteiger charge is 2.35. The van der Waals surface area contributed by atoms with Gasteiger partial charge in [0.2, 0.25) is 6.43 Å². The van der Waals surface area contributed by atoms with Crippen LogP contribution in [-0.2, 0) is 0 Å². The molecule has 0 saturated carbocycles. The van der Waals surface area contributed by atoms with E-state index in [1.807, 2.05) is 11.0 Å². The third-order valence-corrected chi connectivity index (χ3v) is 4.57. The molecule has 1 aromatic carbocycles. The van der Waals surface area contributed by atoms with Gasteiger partial charge in [-0.05, 0) is 12.1 Å². The lowest BCUT2D eigenvalue weighted by Crippen LogP contribution is -2.50. The van der Waals surface area contributed by atoms with Crippen molar-refractivity contribution >= 4 is 26.7 Å². The monoisotopic (exact) mass is 300 g/mol. The number of rotatable bonds is 4. The molecule has 0 radical (unpaired) electrons. The molecule has 2 heterocycles. The molecule has 0 spiro atoms. The number of hydrogen-bond acceptors (Lipinski definition) is 5. The molecule has 1 aliphatic heterocycles. The molecule has 0 N–H and O–H groups in total. The predicted octanol–water partition coefficient (Wildman–Crippen LogP) is 3.01. The highest BCUT2D eigenvalue weighted by molar-refractivity contribution is 7.22. The minimum absolute atomic E-state index is 0.349. The molecule has 7 heteroatoms. The first-order valence-electron chi connectivity index (χ1n) is 6.18. The molecule has 0 amide bonds. The van der Waals surface area contributed by atoms with Crippen LogP contribution in [0.2, 0.25) is 0 Å². The minimum Gasteiger partial charge on any atom is -0.495 e. The van der Waals surface area contributed by atoms with Gasteiger partial charge in [0.25, 0.3) is 0 Å². The normalized spacial score (nSPS) is 15.8. The van der Waals surface area contributed by atoms with Crippen molar-refractivity contribution in [3.8, 4) is 11.5 Å². The topological polar surface area (TPSA) is 34.6 Å². The van der Waals surface area contributed by atoms with E-state index < -0.39 is 12.3 Å². The average molecular weight is 300 g/mol. The number of methoxy groups -OCH3 is 2. The lowest BCUT2D eigenvalue weighted by molar-refractivity contribution is 0.0614. The van der Waals surface area contributed by atoms with Gasteiger partial charge in [-0.1, -0.05) is 11.3 Å². The largest absolute Gasteiger partial charge is 0.495 e. The summed E-state index contributed by atoms with van der Waals surface area (Å²) >= 11 is 1.44. The number of ether oxygens (including phenoxy) is 2. The van der Waals surface area contributed by atoms with E-state index in [0.29, 0.717) is 24.4 Å². The van der Waals surface area contributed by atoms with Gasteiger partial charge in [-0.15, -0.1) is 0 Å². The predicted molar refractivity (Wildman–Crippen MR) is 74.4 cm³/mol. The van der Waals surface area contributed by atoms with E-state index in [1.54, 1.807) is 20.3 Å². The van der Waals surface area contributed by atoms with E-state index in [-0.39, 0.29) is 0 Å². The van der Waals surface area contributed by atoms with E-state index in [2.05, 4.69) is 4.98 Å². The Labute approximate surface area is 118 Å². The molecule has 3 rings (SSSR count). The zero-order valence-corrected chi connectivity index (χ0v) is 11.9. The van der Waals surface area contributed by atoms with Crippen LogP contribution in [0.25, 0.3) is 10.2 Å². The summed E-state index contributed by atoms with van der Waals surface area (Å²) in [6.07, 6.45) is -2.26. The van der Waals surface area contributed by atoms with Crippen molar-refractivity contribution < 1.29 is 18.3 Å². The second-order valence-electron chi connectivity index (χ2n) is 4.64. The Bertz CT molecular complexity index is 585. The Morgan fingerprint density at radius 1 is 1.25 bits per heavy atom. The number of benzene rings is 1. The van der Waals surface area contributed by atoms with Crippen LogP contribution in [0.4, 0.5) is 13.9 Å². The van der Waals surface area contributed by atoms with Crippen molar-refractivity contribution in [3.05, 3.63) is 12.1 Å². The zero-order valence-electron chi connectivity index (χ0n) is 11.1. The number of alkyl halides is 2. The number of thiazole rings is 1. The highest BCUT2D eigenvalue weighted by atomic mass is 32.1. The smallest absolute Gasteiger partial charge is 0.244 e. The first-order valence-corrected chi connectivity index (χ1v) is 7.00. The maximum Gasteiger partial charge on any atom is 0.244 e. The van der Waals surface area contributed by atoms with Crippen molar-refractivity contribution in [3.63, 3.8) is 0 Å². The number of aromatic nitrogens is 1. The Kier molecular flexibility index (Phi) is 3.37. The van der Waals surface area contributed by atoms with Gasteiger partial charge in [-0.2, -0.15) is 0 Å². The molecular weight excluding hydrogens is 286 g/mol. The Morgan fingerprint density at radius 3 is 2.50 bits per heavy atom. The molecular formula is C13H14F2N2O2S. The fourth-order valence-corrected chi connectivity index (χ4v) is 3.33. The summed E-state index contributed by atoms with van der Waals surface area (Å²) in [4.78, 5) is 6.36. The van der Waals surface area contributed by atoms with Gasteiger partial charge in [0, 0.05) is 13.1 Å². The van der Waals surface area contributed by atoms with Crippen LogP contribution >= 0.6 is 11.3 Å². The molecule has 0 unspecified atom stereocenters. The lowest BCUT2D eigenvalue weighted by atomic mass is 10.0. The first kappa shape index (κ1) is 13.4. The van der Waals surface area contributed by atoms with Gasteiger partial charge in [0.05, 0.1) is 20.1 Å². The molecule has 1 aliphatic rings. The second kappa shape index (κ2) is 5.05. The molecule has 0 aliphatic carbocycles. The fourth-order valence-electron chi connectivity index (χ4n) is 2.24. The van der Waals surface area contributed by atoms with Gasteiger partial charge in [0.15, 0.2) is 5.13 Å². The third kappa shape index (κ3) is 2.06. The van der Waals surface area contributed by atoms with Crippen LogP contribution in [0.3, 0.4) is 0 Å². The number of hydrogen-bond donors (Lipinski definition) is 0. The molecule has 108 valence electrons. The number of anilines is 1.